The molecule has 1 fully saturated rings. The minimum Gasteiger partial charge on any atom is -0.376 e. The van der Waals surface area contributed by atoms with Gasteiger partial charge in [0.25, 0.3) is 0 Å². The molecule has 28 heavy (non-hydrogen) atoms. The van der Waals surface area contributed by atoms with Crippen LogP contribution in [0.2, 0.25) is 5.02 Å². The molecule has 3 aromatic rings. The summed E-state index contributed by atoms with van der Waals surface area (Å²) in [4.78, 5) is 3.37. The van der Waals surface area contributed by atoms with Gasteiger partial charge in [0, 0.05) is 47.7 Å². The standard InChI is InChI=1S/C22H24ClN3OS/c23-20-9-3-1-7-16(20)18(19-13-24-21-10-4-2-8-17(19)21)14-26-22(28)25-12-15-6-5-11-27-15/h1-4,7-10,13,15,18,24H,5-6,11-12,14H2,(H2,25,26,28). The van der Waals surface area contributed by atoms with E-state index in [1.54, 1.807) is 0 Å². The van der Waals surface area contributed by atoms with E-state index in [1.807, 2.05) is 24.3 Å². The van der Waals surface area contributed by atoms with Crippen LogP contribution >= 0.6 is 23.8 Å². The largest absolute Gasteiger partial charge is 0.376 e. The first-order valence-electron chi connectivity index (χ1n) is 9.66. The number of nitrogens with one attached hydrogen (secondary N) is 3. The quantitative estimate of drug-likeness (QED) is 0.517. The molecule has 146 valence electrons. The van der Waals surface area contributed by atoms with Crippen molar-refractivity contribution in [3.8, 4) is 0 Å². The normalized spacial score (nSPS) is 17.5. The summed E-state index contributed by atoms with van der Waals surface area (Å²) in [6.07, 6.45) is 4.55. The first kappa shape index (κ1) is 19.2. The van der Waals surface area contributed by atoms with Gasteiger partial charge in [-0.3, -0.25) is 0 Å². The Balaban J connectivity index is 1.52. The number of aromatic amines is 1. The zero-order valence-electron chi connectivity index (χ0n) is 15.6. The Labute approximate surface area is 175 Å². The molecule has 2 heterocycles. The highest BCUT2D eigenvalue weighted by Crippen LogP contribution is 2.34. The van der Waals surface area contributed by atoms with Crippen molar-refractivity contribution < 1.29 is 4.74 Å². The van der Waals surface area contributed by atoms with E-state index in [4.69, 9.17) is 28.6 Å². The molecule has 1 saturated heterocycles. The van der Waals surface area contributed by atoms with E-state index < -0.39 is 0 Å². The predicted octanol–water partition coefficient (Wildman–Crippen LogP) is 4.60. The number of ether oxygens (including phenoxy) is 1. The minimum absolute atomic E-state index is 0.0762. The number of aromatic nitrogens is 1. The molecular weight excluding hydrogens is 390 g/mol. The number of rotatable bonds is 6. The lowest BCUT2D eigenvalue weighted by Gasteiger charge is -2.21. The number of fused-ring (bicyclic) bond motifs is 1. The summed E-state index contributed by atoms with van der Waals surface area (Å²) in [5, 5.41) is 9.27. The molecule has 0 saturated carbocycles. The highest BCUT2D eigenvalue weighted by molar-refractivity contribution is 7.80. The SMILES string of the molecule is S=C(NCC1CCCO1)NCC(c1ccccc1Cl)c1c[nH]c2ccccc12. The van der Waals surface area contributed by atoms with Crippen LogP contribution in [0.3, 0.4) is 0 Å². The molecule has 0 aliphatic carbocycles. The summed E-state index contributed by atoms with van der Waals surface area (Å²) in [6, 6.07) is 16.3. The van der Waals surface area contributed by atoms with Crippen molar-refractivity contribution in [2.24, 2.45) is 0 Å². The summed E-state index contributed by atoms with van der Waals surface area (Å²) in [6.45, 7) is 2.25. The number of hydrogen-bond donors (Lipinski definition) is 3. The van der Waals surface area contributed by atoms with Gasteiger partial charge >= 0.3 is 0 Å². The number of thiocarbonyl (C=S) groups is 1. The van der Waals surface area contributed by atoms with Crippen LogP contribution in [0, 0.1) is 0 Å². The third-order valence-corrected chi connectivity index (χ3v) is 5.89. The lowest BCUT2D eigenvalue weighted by Crippen LogP contribution is -2.41. The Morgan fingerprint density at radius 3 is 2.79 bits per heavy atom. The highest BCUT2D eigenvalue weighted by Gasteiger charge is 2.21. The smallest absolute Gasteiger partial charge is 0.166 e. The Morgan fingerprint density at radius 1 is 1.14 bits per heavy atom. The molecule has 0 bridgehead atoms. The molecule has 2 unspecified atom stereocenters. The summed E-state index contributed by atoms with van der Waals surface area (Å²) in [5.41, 5.74) is 3.41. The van der Waals surface area contributed by atoms with Crippen molar-refractivity contribution in [2.75, 3.05) is 19.7 Å². The van der Waals surface area contributed by atoms with E-state index in [0.29, 0.717) is 11.7 Å². The predicted molar refractivity (Wildman–Crippen MR) is 119 cm³/mol. The Morgan fingerprint density at radius 2 is 1.96 bits per heavy atom. The van der Waals surface area contributed by atoms with Crippen molar-refractivity contribution in [3.63, 3.8) is 0 Å². The molecule has 0 amide bonds. The number of benzene rings is 2. The Kier molecular flexibility index (Phi) is 6.15. The van der Waals surface area contributed by atoms with Crippen molar-refractivity contribution in [1.29, 1.82) is 0 Å². The van der Waals surface area contributed by atoms with E-state index in [9.17, 15) is 0 Å². The van der Waals surface area contributed by atoms with Crippen molar-refractivity contribution >= 4 is 39.8 Å². The summed E-state index contributed by atoms with van der Waals surface area (Å²) < 4.78 is 5.65. The second-order valence-corrected chi connectivity index (χ2v) is 7.91. The van der Waals surface area contributed by atoms with Gasteiger partial charge < -0.3 is 20.4 Å². The lowest BCUT2D eigenvalue weighted by molar-refractivity contribution is 0.114. The van der Waals surface area contributed by atoms with Crippen molar-refractivity contribution in [1.82, 2.24) is 15.6 Å². The number of hydrogen-bond acceptors (Lipinski definition) is 2. The first-order valence-corrected chi connectivity index (χ1v) is 10.4. The lowest BCUT2D eigenvalue weighted by atomic mass is 9.91. The van der Waals surface area contributed by atoms with Crippen molar-refractivity contribution in [2.45, 2.75) is 24.9 Å². The fourth-order valence-electron chi connectivity index (χ4n) is 3.80. The maximum absolute atomic E-state index is 6.55. The zero-order valence-corrected chi connectivity index (χ0v) is 17.2. The maximum Gasteiger partial charge on any atom is 0.166 e. The van der Waals surface area contributed by atoms with Crippen LogP contribution in [0.1, 0.15) is 29.9 Å². The molecule has 2 aromatic carbocycles. The van der Waals surface area contributed by atoms with Crippen LogP contribution in [0.4, 0.5) is 0 Å². The van der Waals surface area contributed by atoms with E-state index in [0.717, 1.165) is 42.1 Å². The molecule has 1 aliphatic heterocycles. The molecular formula is C22H24ClN3OS. The van der Waals surface area contributed by atoms with Gasteiger partial charge in [-0.05, 0) is 48.3 Å². The van der Waals surface area contributed by atoms with Crippen LogP contribution < -0.4 is 10.6 Å². The van der Waals surface area contributed by atoms with Crippen LogP contribution in [0.5, 0.6) is 0 Å². The van der Waals surface area contributed by atoms with E-state index in [1.165, 1.54) is 10.9 Å². The fraction of sp³-hybridized carbons (Fsp3) is 0.318. The van der Waals surface area contributed by atoms with E-state index in [-0.39, 0.29) is 12.0 Å². The van der Waals surface area contributed by atoms with Gasteiger partial charge in [-0.15, -0.1) is 0 Å². The summed E-state index contributed by atoms with van der Waals surface area (Å²) in [5.74, 6) is 0.0762. The average Bonchev–Trinajstić information content (AvgIpc) is 3.38. The van der Waals surface area contributed by atoms with Gasteiger partial charge in [0.1, 0.15) is 0 Å². The fourth-order valence-corrected chi connectivity index (χ4v) is 4.23. The molecule has 4 nitrogen and oxygen atoms in total. The van der Waals surface area contributed by atoms with Crippen LogP contribution in [0.15, 0.2) is 54.7 Å². The van der Waals surface area contributed by atoms with Gasteiger partial charge in [0.2, 0.25) is 0 Å². The van der Waals surface area contributed by atoms with Gasteiger partial charge in [-0.1, -0.05) is 48.0 Å². The van der Waals surface area contributed by atoms with Crippen LogP contribution in [-0.4, -0.2) is 35.9 Å². The second-order valence-electron chi connectivity index (χ2n) is 7.09. The molecule has 0 spiro atoms. The third-order valence-electron chi connectivity index (χ3n) is 5.26. The number of H-pyrrole nitrogens is 1. The number of para-hydroxylation sites is 1. The zero-order chi connectivity index (χ0) is 19.3. The molecule has 1 aromatic heterocycles. The highest BCUT2D eigenvalue weighted by atomic mass is 35.5. The molecule has 1 aliphatic rings. The summed E-state index contributed by atoms with van der Waals surface area (Å²) in [7, 11) is 0. The Hall–Kier alpha value is -2.08. The minimum atomic E-state index is 0.0762. The van der Waals surface area contributed by atoms with Crippen LogP contribution in [-0.2, 0) is 4.74 Å². The molecule has 2 atom stereocenters. The second kappa shape index (κ2) is 8.95. The Bertz CT molecular complexity index is 952. The molecule has 4 rings (SSSR count). The monoisotopic (exact) mass is 413 g/mol. The van der Waals surface area contributed by atoms with Crippen molar-refractivity contribution in [3.05, 3.63) is 70.9 Å². The first-order chi connectivity index (χ1) is 13.7. The molecule has 3 N–H and O–H groups in total. The van der Waals surface area contributed by atoms with E-state index >= 15 is 0 Å². The number of halogens is 1. The molecule has 6 heteroatoms. The average molecular weight is 414 g/mol. The van der Waals surface area contributed by atoms with Gasteiger partial charge in [-0.2, -0.15) is 0 Å². The topological polar surface area (TPSA) is 49.1 Å². The molecule has 0 radical (unpaired) electrons. The third kappa shape index (κ3) is 4.32. The van der Waals surface area contributed by atoms with Gasteiger partial charge in [-0.25, -0.2) is 0 Å². The summed E-state index contributed by atoms with van der Waals surface area (Å²) >= 11 is 12.0. The maximum atomic E-state index is 6.55. The van der Waals surface area contributed by atoms with Gasteiger partial charge in [0.15, 0.2) is 5.11 Å². The van der Waals surface area contributed by atoms with Crippen LogP contribution in [0.25, 0.3) is 10.9 Å². The van der Waals surface area contributed by atoms with E-state index in [2.05, 4.69) is 46.1 Å². The van der Waals surface area contributed by atoms with Gasteiger partial charge in [0.05, 0.1) is 6.10 Å².